The summed E-state index contributed by atoms with van der Waals surface area (Å²) in [5.41, 5.74) is 6.01. The third-order valence-corrected chi connectivity index (χ3v) is 5.92. The molecule has 2 aromatic rings. The van der Waals surface area contributed by atoms with Crippen LogP contribution in [0.4, 0.5) is 4.39 Å². The van der Waals surface area contributed by atoms with Crippen molar-refractivity contribution in [2.75, 3.05) is 0 Å². The van der Waals surface area contributed by atoms with Crippen LogP contribution in [-0.4, -0.2) is 0 Å². The Morgan fingerprint density at radius 1 is 1.00 bits per heavy atom. The molecule has 0 radical (unpaired) electrons. The lowest BCUT2D eigenvalue weighted by molar-refractivity contribution is 0.308. The molecule has 0 saturated heterocycles. The van der Waals surface area contributed by atoms with E-state index in [1.54, 1.807) is 6.07 Å². The molecule has 0 N–H and O–H groups in total. The van der Waals surface area contributed by atoms with Crippen molar-refractivity contribution in [3.63, 3.8) is 0 Å². The molecule has 0 nitrogen and oxygen atoms in total. The molecule has 1 fully saturated rings. The molecule has 1 heteroatoms. The van der Waals surface area contributed by atoms with Crippen LogP contribution in [0.25, 0.3) is 11.1 Å². The van der Waals surface area contributed by atoms with Gasteiger partial charge >= 0.3 is 0 Å². The Bertz CT molecular complexity index is 708. The molecule has 120 valence electrons. The van der Waals surface area contributed by atoms with E-state index in [1.807, 2.05) is 6.07 Å². The number of halogens is 1. The third-order valence-electron chi connectivity index (χ3n) is 5.92. The van der Waals surface area contributed by atoms with Crippen LogP contribution in [0.1, 0.15) is 68.1 Å². The molecule has 0 amide bonds. The molecule has 0 bridgehead atoms. The Morgan fingerprint density at radius 3 is 2.61 bits per heavy atom. The van der Waals surface area contributed by atoms with E-state index in [0.717, 1.165) is 23.5 Å². The maximum atomic E-state index is 14.0. The van der Waals surface area contributed by atoms with Crippen molar-refractivity contribution in [2.45, 2.75) is 57.8 Å². The molecule has 1 saturated carbocycles. The normalized spacial score (nSPS) is 22.7. The first kappa shape index (κ1) is 14.9. The predicted molar refractivity (Wildman–Crippen MR) is 94.2 cm³/mol. The van der Waals surface area contributed by atoms with Crippen LogP contribution in [0.5, 0.6) is 0 Å². The summed E-state index contributed by atoms with van der Waals surface area (Å²) in [5, 5.41) is 0. The van der Waals surface area contributed by atoms with Gasteiger partial charge in [0.15, 0.2) is 0 Å². The minimum Gasteiger partial charge on any atom is -0.207 e. The lowest BCUT2D eigenvalue weighted by Crippen LogP contribution is -2.13. The summed E-state index contributed by atoms with van der Waals surface area (Å²) in [5.74, 6) is 1.60. The molecular formula is C22H25F. The summed E-state index contributed by atoms with van der Waals surface area (Å²) in [4.78, 5) is 0. The molecule has 0 atom stereocenters. The monoisotopic (exact) mass is 308 g/mol. The van der Waals surface area contributed by atoms with Gasteiger partial charge in [0, 0.05) is 12.0 Å². The molecule has 4 rings (SSSR count). The van der Waals surface area contributed by atoms with Gasteiger partial charge < -0.3 is 0 Å². The molecule has 23 heavy (non-hydrogen) atoms. The zero-order valence-electron chi connectivity index (χ0n) is 13.9. The van der Waals surface area contributed by atoms with E-state index in [1.165, 1.54) is 55.2 Å². The van der Waals surface area contributed by atoms with E-state index in [0.29, 0.717) is 5.92 Å². The second kappa shape index (κ2) is 6.11. The fraction of sp³-hybridized carbons (Fsp3) is 0.455. The summed E-state index contributed by atoms with van der Waals surface area (Å²) < 4.78 is 14.0. The Kier molecular flexibility index (Phi) is 3.97. The average Bonchev–Trinajstić information content (AvgIpc) is 2.95. The number of hydrogen-bond acceptors (Lipinski definition) is 0. The van der Waals surface area contributed by atoms with Crippen LogP contribution in [0.15, 0.2) is 36.4 Å². The molecule has 0 aliphatic heterocycles. The van der Waals surface area contributed by atoms with E-state index < -0.39 is 0 Å². The lowest BCUT2D eigenvalue weighted by atomic mass is 9.77. The van der Waals surface area contributed by atoms with Crippen LogP contribution < -0.4 is 0 Å². The van der Waals surface area contributed by atoms with Crippen molar-refractivity contribution in [3.05, 3.63) is 58.9 Å². The van der Waals surface area contributed by atoms with Gasteiger partial charge in [0.1, 0.15) is 5.82 Å². The third kappa shape index (κ3) is 2.71. The van der Waals surface area contributed by atoms with Crippen molar-refractivity contribution < 1.29 is 4.39 Å². The minimum absolute atomic E-state index is 0.0553. The number of rotatable bonds is 3. The van der Waals surface area contributed by atoms with Gasteiger partial charge in [-0.3, -0.25) is 0 Å². The van der Waals surface area contributed by atoms with Crippen molar-refractivity contribution in [1.29, 1.82) is 0 Å². The fourth-order valence-corrected chi connectivity index (χ4v) is 4.65. The van der Waals surface area contributed by atoms with Crippen molar-refractivity contribution >= 4 is 0 Å². The Morgan fingerprint density at radius 2 is 1.83 bits per heavy atom. The van der Waals surface area contributed by atoms with Gasteiger partial charge in [0.2, 0.25) is 0 Å². The van der Waals surface area contributed by atoms with E-state index in [9.17, 15) is 4.39 Å². The van der Waals surface area contributed by atoms with Crippen LogP contribution in [0.2, 0.25) is 0 Å². The van der Waals surface area contributed by atoms with Crippen LogP contribution >= 0.6 is 0 Å². The molecule has 2 aliphatic carbocycles. The van der Waals surface area contributed by atoms with Crippen molar-refractivity contribution in [3.8, 4) is 11.1 Å². The van der Waals surface area contributed by atoms with E-state index >= 15 is 0 Å². The highest BCUT2D eigenvalue weighted by molar-refractivity contribution is 5.77. The van der Waals surface area contributed by atoms with E-state index in [4.69, 9.17) is 0 Å². The highest BCUT2D eigenvalue weighted by Crippen LogP contribution is 2.42. The SMILES string of the molecule is CCC[C@H]1CC[C@H](c2ccc3c(c2)Cc2c(F)cccc2-3)CC1. The Hall–Kier alpha value is -1.63. The van der Waals surface area contributed by atoms with E-state index in [-0.39, 0.29) is 5.82 Å². The number of benzene rings is 2. The number of fused-ring (bicyclic) bond motifs is 3. The van der Waals surface area contributed by atoms with Crippen LogP contribution in [-0.2, 0) is 6.42 Å². The molecule has 0 heterocycles. The molecular weight excluding hydrogens is 283 g/mol. The summed E-state index contributed by atoms with van der Waals surface area (Å²) in [6, 6.07) is 12.4. The molecule has 2 aromatic carbocycles. The van der Waals surface area contributed by atoms with Gasteiger partial charge in [0.05, 0.1) is 0 Å². The first-order valence-electron chi connectivity index (χ1n) is 9.17. The quantitative estimate of drug-likeness (QED) is 0.520. The molecule has 2 aliphatic rings. The second-order valence-electron chi connectivity index (χ2n) is 7.37. The predicted octanol–water partition coefficient (Wildman–Crippen LogP) is 6.47. The number of hydrogen-bond donors (Lipinski definition) is 0. The zero-order valence-corrected chi connectivity index (χ0v) is 13.9. The maximum Gasteiger partial charge on any atom is 0.127 e. The minimum atomic E-state index is -0.0553. The zero-order chi connectivity index (χ0) is 15.8. The highest BCUT2D eigenvalue weighted by atomic mass is 19.1. The topological polar surface area (TPSA) is 0 Å². The van der Waals surface area contributed by atoms with Gasteiger partial charge in [-0.25, -0.2) is 4.39 Å². The summed E-state index contributed by atoms with van der Waals surface area (Å²) >= 11 is 0. The standard InChI is InChI=1S/C22H25F/c1-2-4-15-7-9-16(10-8-15)17-11-12-19-18(13-17)14-21-20(19)5-3-6-22(21)23/h3,5-6,11-13,15-16H,2,4,7-10,14H2,1H3/t15-,16-. The van der Waals surface area contributed by atoms with Gasteiger partial charge in [-0.1, -0.05) is 50.1 Å². The van der Waals surface area contributed by atoms with Crippen molar-refractivity contribution in [1.82, 2.24) is 0 Å². The van der Waals surface area contributed by atoms with Crippen molar-refractivity contribution in [2.24, 2.45) is 5.92 Å². The Labute approximate surface area is 138 Å². The summed E-state index contributed by atoms with van der Waals surface area (Å²) in [6.45, 7) is 2.30. The van der Waals surface area contributed by atoms with Gasteiger partial charge in [-0.2, -0.15) is 0 Å². The average molecular weight is 308 g/mol. The smallest absolute Gasteiger partial charge is 0.127 e. The van der Waals surface area contributed by atoms with Crippen LogP contribution in [0.3, 0.4) is 0 Å². The molecule has 0 unspecified atom stereocenters. The van der Waals surface area contributed by atoms with Crippen LogP contribution in [0, 0.1) is 11.7 Å². The van der Waals surface area contributed by atoms with Gasteiger partial charge in [-0.05, 0) is 65.8 Å². The summed E-state index contributed by atoms with van der Waals surface area (Å²) in [7, 11) is 0. The molecule has 0 aromatic heterocycles. The maximum absolute atomic E-state index is 14.0. The first-order chi connectivity index (χ1) is 11.3. The fourth-order valence-electron chi connectivity index (χ4n) is 4.65. The summed E-state index contributed by atoms with van der Waals surface area (Å²) in [6.07, 6.45) is 8.88. The van der Waals surface area contributed by atoms with Gasteiger partial charge in [-0.15, -0.1) is 0 Å². The highest BCUT2D eigenvalue weighted by Gasteiger charge is 2.25. The largest absolute Gasteiger partial charge is 0.207 e. The van der Waals surface area contributed by atoms with E-state index in [2.05, 4.69) is 31.2 Å². The second-order valence-corrected chi connectivity index (χ2v) is 7.37. The first-order valence-corrected chi connectivity index (χ1v) is 9.17. The molecule has 0 spiro atoms. The van der Waals surface area contributed by atoms with Gasteiger partial charge in [0.25, 0.3) is 0 Å². The lowest BCUT2D eigenvalue weighted by Gasteiger charge is -2.29. The Balaban J connectivity index is 1.55.